The van der Waals surface area contributed by atoms with Gasteiger partial charge in [-0.3, -0.25) is 4.79 Å². The quantitative estimate of drug-likeness (QED) is 0.490. The first-order valence-corrected chi connectivity index (χ1v) is 3.17. The van der Waals surface area contributed by atoms with Gasteiger partial charge in [0.2, 0.25) is 0 Å². The fraction of sp³-hybridized carbons (Fsp3) is 0.667. The molecule has 0 aromatic carbocycles. The fourth-order valence-electron chi connectivity index (χ4n) is 1.44. The summed E-state index contributed by atoms with van der Waals surface area (Å²) < 4.78 is 0. The average Bonchev–Trinajstić information content (AvgIpc) is 1.73. The number of fused-ring (bicyclic) bond motifs is 1. The zero-order chi connectivity index (χ0) is 6.43. The number of nitrogens with zero attached hydrogens (tertiary/aromatic N) is 1. The summed E-state index contributed by atoms with van der Waals surface area (Å²) in [4.78, 5) is 14.4. The van der Waals surface area contributed by atoms with Crippen LogP contribution >= 0.6 is 0 Å². The molecule has 1 fully saturated rings. The first-order valence-electron chi connectivity index (χ1n) is 3.17. The molecular formula is C6H8N2O. The van der Waals surface area contributed by atoms with Gasteiger partial charge in [0.25, 0.3) is 5.91 Å². The lowest BCUT2D eigenvalue weighted by Crippen LogP contribution is -2.34. The lowest BCUT2D eigenvalue weighted by Gasteiger charge is -2.27. The number of amidine groups is 1. The van der Waals surface area contributed by atoms with E-state index < -0.39 is 0 Å². The Hall–Kier alpha value is -0.860. The Bertz CT molecular complexity index is 197. The summed E-state index contributed by atoms with van der Waals surface area (Å²) in [6.45, 7) is 0. The molecule has 3 heteroatoms. The Kier molecular flexibility index (Phi) is 0.743. The molecule has 2 aliphatic rings. The standard InChI is InChI=1S/C6H8N2O/c7-5-3-1-2-4(3)6(9)8-5/h3-4H,1-2H2,(H2,7,8,9). The maximum atomic E-state index is 10.8. The highest BCUT2D eigenvalue weighted by atomic mass is 16.1. The van der Waals surface area contributed by atoms with Crippen LogP contribution in [-0.2, 0) is 4.79 Å². The predicted octanol–water partition coefficient (Wildman–Crippen LogP) is -0.0900. The van der Waals surface area contributed by atoms with Gasteiger partial charge in [-0.1, -0.05) is 0 Å². The van der Waals surface area contributed by atoms with Gasteiger partial charge in [-0.25, -0.2) is 4.99 Å². The van der Waals surface area contributed by atoms with E-state index in [2.05, 4.69) is 4.99 Å². The molecule has 1 amide bonds. The molecule has 1 saturated carbocycles. The molecule has 1 aliphatic heterocycles. The number of nitrogens with two attached hydrogens (primary N) is 1. The maximum Gasteiger partial charge on any atom is 0.251 e. The van der Waals surface area contributed by atoms with E-state index in [0.29, 0.717) is 11.8 Å². The minimum atomic E-state index is 0.00347. The van der Waals surface area contributed by atoms with E-state index in [-0.39, 0.29) is 11.8 Å². The van der Waals surface area contributed by atoms with Crippen LogP contribution in [0.25, 0.3) is 0 Å². The molecule has 1 aliphatic carbocycles. The van der Waals surface area contributed by atoms with Gasteiger partial charge < -0.3 is 5.73 Å². The van der Waals surface area contributed by atoms with E-state index >= 15 is 0 Å². The predicted molar refractivity (Wildman–Crippen MR) is 32.8 cm³/mol. The van der Waals surface area contributed by atoms with Crippen molar-refractivity contribution in [3.8, 4) is 0 Å². The molecule has 0 aromatic heterocycles. The molecule has 2 atom stereocenters. The Morgan fingerprint density at radius 2 is 2.11 bits per heavy atom. The molecule has 0 saturated heterocycles. The van der Waals surface area contributed by atoms with Gasteiger partial charge in [0, 0.05) is 5.92 Å². The van der Waals surface area contributed by atoms with E-state index in [0.717, 1.165) is 12.8 Å². The summed E-state index contributed by atoms with van der Waals surface area (Å²) in [6.07, 6.45) is 2.06. The Labute approximate surface area is 52.9 Å². The average molecular weight is 124 g/mol. The minimum absolute atomic E-state index is 0.00347. The highest BCUT2D eigenvalue weighted by molar-refractivity contribution is 6.04. The molecule has 9 heavy (non-hydrogen) atoms. The maximum absolute atomic E-state index is 10.8. The number of carbonyl (C=O) groups is 1. The summed E-state index contributed by atoms with van der Waals surface area (Å²) >= 11 is 0. The molecule has 0 bridgehead atoms. The summed E-state index contributed by atoms with van der Waals surface area (Å²) in [6, 6.07) is 0. The van der Waals surface area contributed by atoms with Crippen molar-refractivity contribution < 1.29 is 4.79 Å². The van der Waals surface area contributed by atoms with Crippen LogP contribution in [0.4, 0.5) is 0 Å². The second-order valence-electron chi connectivity index (χ2n) is 2.67. The lowest BCUT2D eigenvalue weighted by molar-refractivity contribution is -0.123. The summed E-state index contributed by atoms with van der Waals surface area (Å²) in [5.41, 5.74) is 5.44. The van der Waals surface area contributed by atoms with Crippen LogP contribution in [0.3, 0.4) is 0 Å². The van der Waals surface area contributed by atoms with E-state index in [4.69, 9.17) is 5.73 Å². The molecule has 2 N–H and O–H groups in total. The van der Waals surface area contributed by atoms with E-state index in [9.17, 15) is 4.79 Å². The second kappa shape index (κ2) is 1.35. The van der Waals surface area contributed by atoms with Crippen LogP contribution in [0, 0.1) is 11.8 Å². The van der Waals surface area contributed by atoms with Crippen molar-refractivity contribution in [1.82, 2.24) is 0 Å². The number of rotatable bonds is 0. The van der Waals surface area contributed by atoms with Crippen LogP contribution in [0.2, 0.25) is 0 Å². The first kappa shape index (κ1) is 4.97. The molecule has 1 heterocycles. The number of aliphatic imine (C=N–C) groups is 1. The molecular weight excluding hydrogens is 116 g/mol. The van der Waals surface area contributed by atoms with Crippen molar-refractivity contribution in [2.24, 2.45) is 22.6 Å². The molecule has 0 radical (unpaired) electrons. The highest BCUT2D eigenvalue weighted by Crippen LogP contribution is 2.38. The molecule has 2 unspecified atom stereocenters. The SMILES string of the molecule is NC1=NC(=O)C2CCC12. The third kappa shape index (κ3) is 0.465. The zero-order valence-electron chi connectivity index (χ0n) is 5.00. The van der Waals surface area contributed by atoms with Gasteiger partial charge in [0.15, 0.2) is 0 Å². The van der Waals surface area contributed by atoms with Crippen LogP contribution < -0.4 is 5.73 Å². The highest BCUT2D eigenvalue weighted by Gasteiger charge is 2.43. The van der Waals surface area contributed by atoms with E-state index in [1.165, 1.54) is 0 Å². The first-order chi connectivity index (χ1) is 4.29. The third-order valence-electron chi connectivity index (χ3n) is 2.21. The number of hydrogen-bond donors (Lipinski definition) is 1. The van der Waals surface area contributed by atoms with Crippen molar-refractivity contribution in [3.05, 3.63) is 0 Å². The fourth-order valence-corrected chi connectivity index (χ4v) is 1.44. The van der Waals surface area contributed by atoms with E-state index in [1.54, 1.807) is 0 Å². The summed E-state index contributed by atoms with van der Waals surface area (Å²) in [5.74, 6) is 1.06. The van der Waals surface area contributed by atoms with Gasteiger partial charge in [-0.15, -0.1) is 0 Å². The molecule has 0 aromatic rings. The second-order valence-corrected chi connectivity index (χ2v) is 2.67. The van der Waals surface area contributed by atoms with Crippen molar-refractivity contribution in [2.75, 3.05) is 0 Å². The lowest BCUT2D eigenvalue weighted by atomic mass is 9.75. The molecule has 3 nitrogen and oxygen atoms in total. The topological polar surface area (TPSA) is 55.4 Å². The van der Waals surface area contributed by atoms with Gasteiger partial charge >= 0.3 is 0 Å². The normalized spacial score (nSPS) is 39.6. The van der Waals surface area contributed by atoms with Crippen LogP contribution in [0.15, 0.2) is 4.99 Å². The molecule has 0 spiro atoms. The monoisotopic (exact) mass is 124 g/mol. The largest absolute Gasteiger partial charge is 0.387 e. The Morgan fingerprint density at radius 3 is 2.33 bits per heavy atom. The van der Waals surface area contributed by atoms with Crippen molar-refractivity contribution >= 4 is 11.7 Å². The van der Waals surface area contributed by atoms with Crippen molar-refractivity contribution in [1.29, 1.82) is 0 Å². The number of hydrogen-bond acceptors (Lipinski definition) is 2. The van der Waals surface area contributed by atoms with Gasteiger partial charge in [0.1, 0.15) is 5.84 Å². The van der Waals surface area contributed by atoms with E-state index in [1.807, 2.05) is 0 Å². The zero-order valence-corrected chi connectivity index (χ0v) is 5.00. The van der Waals surface area contributed by atoms with Crippen molar-refractivity contribution in [3.63, 3.8) is 0 Å². The minimum Gasteiger partial charge on any atom is -0.387 e. The molecule has 2 rings (SSSR count). The van der Waals surface area contributed by atoms with Crippen LogP contribution in [0.5, 0.6) is 0 Å². The Morgan fingerprint density at radius 1 is 1.44 bits per heavy atom. The summed E-state index contributed by atoms with van der Waals surface area (Å²) in [7, 11) is 0. The van der Waals surface area contributed by atoms with Gasteiger partial charge in [-0.05, 0) is 12.8 Å². The smallest absolute Gasteiger partial charge is 0.251 e. The summed E-state index contributed by atoms with van der Waals surface area (Å²) in [5, 5.41) is 0. The van der Waals surface area contributed by atoms with Crippen molar-refractivity contribution in [2.45, 2.75) is 12.8 Å². The van der Waals surface area contributed by atoms with Crippen LogP contribution in [0.1, 0.15) is 12.8 Å². The van der Waals surface area contributed by atoms with Gasteiger partial charge in [-0.2, -0.15) is 0 Å². The van der Waals surface area contributed by atoms with Gasteiger partial charge in [0.05, 0.1) is 5.92 Å². The molecule has 48 valence electrons. The number of carbonyl (C=O) groups excluding carboxylic acids is 1. The van der Waals surface area contributed by atoms with Crippen LogP contribution in [-0.4, -0.2) is 11.7 Å². The third-order valence-corrected chi connectivity index (χ3v) is 2.21. The Balaban J connectivity index is 2.29. The number of amides is 1.